The average Bonchev–Trinajstić information content (AvgIpc) is 3.19. The van der Waals surface area contributed by atoms with Crippen molar-refractivity contribution in [2.45, 2.75) is 44.4 Å². The molecule has 4 heteroatoms. The molecule has 0 radical (unpaired) electrons. The van der Waals surface area contributed by atoms with Crippen LogP contribution < -0.4 is 10.2 Å². The molecule has 0 saturated heterocycles. The Morgan fingerprint density at radius 3 is 2.70 bits per heavy atom. The maximum absolute atomic E-state index is 9.36. The SMILES string of the molecule is CN(CC1CC(O)C1)c1ccc(CNC2CC2)c(Br)c1. The Morgan fingerprint density at radius 1 is 1.35 bits per heavy atom. The number of hydrogen-bond acceptors (Lipinski definition) is 3. The normalized spacial score (nSPS) is 25.4. The number of hydrogen-bond donors (Lipinski definition) is 2. The van der Waals surface area contributed by atoms with Crippen LogP contribution in [0.4, 0.5) is 5.69 Å². The van der Waals surface area contributed by atoms with Crippen molar-refractivity contribution in [1.29, 1.82) is 0 Å². The molecular formula is C16H23BrN2O. The van der Waals surface area contributed by atoms with E-state index in [-0.39, 0.29) is 6.10 Å². The number of anilines is 1. The molecule has 0 spiro atoms. The lowest BCUT2D eigenvalue weighted by molar-refractivity contribution is 0.0465. The van der Waals surface area contributed by atoms with Gasteiger partial charge in [-0.2, -0.15) is 0 Å². The molecule has 3 nitrogen and oxygen atoms in total. The zero-order chi connectivity index (χ0) is 14.1. The van der Waals surface area contributed by atoms with Crippen LogP contribution in [0, 0.1) is 5.92 Å². The highest BCUT2D eigenvalue weighted by Crippen LogP contribution is 2.30. The van der Waals surface area contributed by atoms with Gasteiger partial charge in [-0.3, -0.25) is 0 Å². The molecule has 0 unspecified atom stereocenters. The maximum Gasteiger partial charge on any atom is 0.0546 e. The van der Waals surface area contributed by atoms with Gasteiger partial charge in [-0.25, -0.2) is 0 Å². The van der Waals surface area contributed by atoms with Gasteiger partial charge < -0.3 is 15.3 Å². The van der Waals surface area contributed by atoms with Gasteiger partial charge in [-0.15, -0.1) is 0 Å². The molecule has 3 rings (SSSR count). The molecule has 1 aromatic rings. The molecule has 0 bridgehead atoms. The Morgan fingerprint density at radius 2 is 2.10 bits per heavy atom. The second-order valence-electron chi connectivity index (χ2n) is 6.30. The summed E-state index contributed by atoms with van der Waals surface area (Å²) in [5.41, 5.74) is 2.57. The van der Waals surface area contributed by atoms with Crippen LogP contribution in [0.2, 0.25) is 0 Å². The average molecular weight is 339 g/mol. The third kappa shape index (κ3) is 3.54. The number of nitrogens with one attached hydrogen (secondary N) is 1. The largest absolute Gasteiger partial charge is 0.393 e. The predicted octanol–water partition coefficient (Wildman–Crippen LogP) is 2.91. The molecular weight excluding hydrogens is 316 g/mol. The third-order valence-electron chi connectivity index (χ3n) is 4.38. The van der Waals surface area contributed by atoms with Gasteiger partial charge in [0.2, 0.25) is 0 Å². The van der Waals surface area contributed by atoms with Crippen LogP contribution in [0.15, 0.2) is 22.7 Å². The van der Waals surface area contributed by atoms with Crippen molar-refractivity contribution >= 4 is 21.6 Å². The predicted molar refractivity (Wildman–Crippen MR) is 86.0 cm³/mol. The Hall–Kier alpha value is -0.580. The minimum atomic E-state index is -0.0592. The van der Waals surface area contributed by atoms with Crippen LogP contribution in [0.25, 0.3) is 0 Å². The Labute approximate surface area is 129 Å². The molecule has 0 aliphatic heterocycles. The van der Waals surface area contributed by atoms with E-state index in [0.29, 0.717) is 5.92 Å². The lowest BCUT2D eigenvalue weighted by atomic mass is 9.82. The van der Waals surface area contributed by atoms with Crippen molar-refractivity contribution in [2.75, 3.05) is 18.5 Å². The number of nitrogens with zero attached hydrogens (tertiary/aromatic N) is 1. The van der Waals surface area contributed by atoms with Crippen molar-refractivity contribution in [3.05, 3.63) is 28.2 Å². The molecule has 0 heterocycles. The standard InChI is InChI=1S/C16H23BrN2O/c1-19(10-11-6-15(20)7-11)14-5-2-12(16(17)8-14)9-18-13-3-4-13/h2,5,8,11,13,15,18,20H,3-4,6-7,9-10H2,1H3. The fourth-order valence-electron chi connectivity index (χ4n) is 2.80. The van der Waals surface area contributed by atoms with Crippen molar-refractivity contribution in [1.82, 2.24) is 5.32 Å². The summed E-state index contributed by atoms with van der Waals surface area (Å²) in [6.07, 6.45) is 4.50. The van der Waals surface area contributed by atoms with Gasteiger partial charge in [0, 0.05) is 36.3 Å². The number of benzene rings is 1. The maximum atomic E-state index is 9.36. The fourth-order valence-corrected chi connectivity index (χ4v) is 3.31. The fraction of sp³-hybridized carbons (Fsp3) is 0.625. The summed E-state index contributed by atoms with van der Waals surface area (Å²) in [4.78, 5) is 2.29. The summed E-state index contributed by atoms with van der Waals surface area (Å²) in [7, 11) is 2.13. The van der Waals surface area contributed by atoms with Gasteiger partial charge in [0.25, 0.3) is 0 Å². The van der Waals surface area contributed by atoms with Crippen LogP contribution in [-0.4, -0.2) is 30.8 Å². The van der Waals surface area contributed by atoms with E-state index in [1.54, 1.807) is 0 Å². The molecule has 2 aliphatic carbocycles. The molecule has 20 heavy (non-hydrogen) atoms. The van der Waals surface area contributed by atoms with E-state index in [4.69, 9.17) is 0 Å². The quantitative estimate of drug-likeness (QED) is 0.837. The second kappa shape index (κ2) is 6.04. The van der Waals surface area contributed by atoms with Crippen LogP contribution >= 0.6 is 15.9 Å². The third-order valence-corrected chi connectivity index (χ3v) is 5.12. The van der Waals surface area contributed by atoms with E-state index < -0.39 is 0 Å². The van der Waals surface area contributed by atoms with E-state index in [1.807, 2.05) is 0 Å². The molecule has 0 atom stereocenters. The molecule has 1 aromatic carbocycles. The van der Waals surface area contributed by atoms with E-state index in [0.717, 1.165) is 32.0 Å². The van der Waals surface area contributed by atoms with Crippen LogP contribution in [0.3, 0.4) is 0 Å². The van der Waals surface area contributed by atoms with Crippen molar-refractivity contribution in [2.24, 2.45) is 5.92 Å². The van der Waals surface area contributed by atoms with E-state index in [2.05, 4.69) is 51.4 Å². The van der Waals surface area contributed by atoms with Crippen LogP contribution in [0.5, 0.6) is 0 Å². The van der Waals surface area contributed by atoms with Crippen molar-refractivity contribution in [3.8, 4) is 0 Å². The summed E-state index contributed by atoms with van der Waals surface area (Å²) in [6, 6.07) is 7.36. The molecule has 2 aliphatic rings. The highest BCUT2D eigenvalue weighted by Gasteiger charge is 2.28. The van der Waals surface area contributed by atoms with Crippen LogP contribution in [0.1, 0.15) is 31.2 Å². The molecule has 2 saturated carbocycles. The number of halogens is 1. The summed E-state index contributed by atoms with van der Waals surface area (Å²) in [5, 5.41) is 12.9. The lowest BCUT2D eigenvalue weighted by Gasteiger charge is -2.35. The molecule has 0 aromatic heterocycles. The topological polar surface area (TPSA) is 35.5 Å². The van der Waals surface area contributed by atoms with Gasteiger partial charge in [-0.1, -0.05) is 22.0 Å². The van der Waals surface area contributed by atoms with Gasteiger partial charge in [-0.05, 0) is 49.3 Å². The highest BCUT2D eigenvalue weighted by molar-refractivity contribution is 9.10. The Bertz CT molecular complexity index is 470. The Balaban J connectivity index is 1.56. The van der Waals surface area contributed by atoms with E-state index >= 15 is 0 Å². The first-order valence-corrected chi connectivity index (χ1v) is 8.32. The van der Waals surface area contributed by atoms with Gasteiger partial charge in [0.15, 0.2) is 0 Å². The highest BCUT2D eigenvalue weighted by atomic mass is 79.9. The Kier molecular flexibility index (Phi) is 4.34. The van der Waals surface area contributed by atoms with E-state index in [1.165, 1.54) is 28.6 Å². The molecule has 2 N–H and O–H groups in total. The van der Waals surface area contributed by atoms with Gasteiger partial charge >= 0.3 is 0 Å². The van der Waals surface area contributed by atoms with Crippen molar-refractivity contribution < 1.29 is 5.11 Å². The zero-order valence-corrected chi connectivity index (χ0v) is 13.6. The number of rotatable bonds is 6. The summed E-state index contributed by atoms with van der Waals surface area (Å²) >= 11 is 3.69. The lowest BCUT2D eigenvalue weighted by Crippen LogP contribution is -2.37. The van der Waals surface area contributed by atoms with Gasteiger partial charge in [0.05, 0.1) is 6.10 Å². The minimum absolute atomic E-state index is 0.0592. The monoisotopic (exact) mass is 338 g/mol. The summed E-state index contributed by atoms with van der Waals surface area (Å²) < 4.78 is 1.18. The molecule has 110 valence electrons. The first-order valence-electron chi connectivity index (χ1n) is 7.53. The van der Waals surface area contributed by atoms with Crippen molar-refractivity contribution in [3.63, 3.8) is 0 Å². The molecule has 0 amide bonds. The summed E-state index contributed by atoms with van der Waals surface area (Å²) in [6.45, 7) is 1.98. The smallest absolute Gasteiger partial charge is 0.0546 e. The first-order chi connectivity index (χ1) is 9.61. The minimum Gasteiger partial charge on any atom is -0.393 e. The summed E-state index contributed by atoms with van der Waals surface area (Å²) in [5.74, 6) is 0.644. The number of aliphatic hydroxyl groups is 1. The van der Waals surface area contributed by atoms with Gasteiger partial charge in [0.1, 0.15) is 0 Å². The number of aliphatic hydroxyl groups excluding tert-OH is 1. The molecule has 2 fully saturated rings. The van der Waals surface area contributed by atoms with Crippen LogP contribution in [-0.2, 0) is 6.54 Å². The van der Waals surface area contributed by atoms with E-state index in [9.17, 15) is 5.11 Å². The second-order valence-corrected chi connectivity index (χ2v) is 7.16. The zero-order valence-electron chi connectivity index (χ0n) is 12.0. The first kappa shape index (κ1) is 14.4.